The van der Waals surface area contributed by atoms with Crippen molar-refractivity contribution < 1.29 is 9.59 Å². The van der Waals surface area contributed by atoms with Gasteiger partial charge in [-0.3, -0.25) is 29.4 Å². The number of carbonyl (C=O) groups excluding carboxylic acids is 2. The predicted octanol–water partition coefficient (Wildman–Crippen LogP) is 0.541. The molecule has 0 aliphatic heterocycles. The van der Waals surface area contributed by atoms with Gasteiger partial charge in [-0.2, -0.15) is 0 Å². The fraction of sp³-hybridized carbons (Fsp3) is 0.105. The molecule has 0 spiro atoms. The molecule has 10 nitrogen and oxygen atoms in total. The average molecular weight is 392 g/mol. The molecule has 2 amide bonds. The van der Waals surface area contributed by atoms with Crippen molar-refractivity contribution in [3.05, 3.63) is 74.7 Å². The van der Waals surface area contributed by atoms with Crippen LogP contribution in [0.3, 0.4) is 0 Å². The van der Waals surface area contributed by atoms with Gasteiger partial charge >= 0.3 is 0 Å². The van der Waals surface area contributed by atoms with E-state index in [4.69, 9.17) is 0 Å². The summed E-state index contributed by atoms with van der Waals surface area (Å²) in [5, 5.41) is 9.68. The Kier molecular flexibility index (Phi) is 4.43. The molecular formula is C19H16N6O4. The summed E-state index contributed by atoms with van der Waals surface area (Å²) in [6.45, 7) is 1.59. The van der Waals surface area contributed by atoms with Gasteiger partial charge in [-0.1, -0.05) is 6.07 Å². The standard InChI is InChI=1S/C19H16N6O4/c1-10-5-6-25-9-13(21-14(25)7-10)18(28)20-8-15(26)22-12-4-2-3-11-16(12)19(29)24-23-17(11)27/h2-7,9H,8H2,1H3,(H,20,28)(H,22,26)(H,23,27)(H,24,29). The second-order valence-corrected chi connectivity index (χ2v) is 6.46. The zero-order chi connectivity index (χ0) is 20.5. The lowest BCUT2D eigenvalue weighted by molar-refractivity contribution is -0.115. The van der Waals surface area contributed by atoms with Gasteiger partial charge in [-0.05, 0) is 36.8 Å². The number of imidazole rings is 1. The molecule has 3 heterocycles. The van der Waals surface area contributed by atoms with E-state index in [9.17, 15) is 19.2 Å². The summed E-state index contributed by atoms with van der Waals surface area (Å²) in [6.07, 6.45) is 3.36. The Bertz CT molecular complexity index is 1380. The van der Waals surface area contributed by atoms with Gasteiger partial charge in [-0.15, -0.1) is 0 Å². The normalized spacial score (nSPS) is 10.9. The van der Waals surface area contributed by atoms with E-state index >= 15 is 0 Å². The number of hydrogen-bond acceptors (Lipinski definition) is 5. The minimum Gasteiger partial charge on any atom is -0.342 e. The van der Waals surface area contributed by atoms with Crippen molar-refractivity contribution in [3.63, 3.8) is 0 Å². The largest absolute Gasteiger partial charge is 0.342 e. The topological polar surface area (TPSA) is 141 Å². The lowest BCUT2D eigenvalue weighted by atomic mass is 10.1. The number of aryl methyl sites for hydroxylation is 1. The first-order valence-electron chi connectivity index (χ1n) is 8.69. The maximum Gasteiger partial charge on any atom is 0.272 e. The first-order chi connectivity index (χ1) is 13.9. The Hall–Kier alpha value is -4.21. The van der Waals surface area contributed by atoms with E-state index in [0.717, 1.165) is 5.56 Å². The number of hydrogen-bond donors (Lipinski definition) is 4. The number of nitrogens with zero attached hydrogens (tertiary/aromatic N) is 2. The van der Waals surface area contributed by atoms with Crippen molar-refractivity contribution in [1.29, 1.82) is 0 Å². The molecule has 0 saturated carbocycles. The molecule has 0 saturated heterocycles. The second-order valence-electron chi connectivity index (χ2n) is 6.46. The van der Waals surface area contributed by atoms with E-state index in [0.29, 0.717) is 5.65 Å². The number of nitrogens with one attached hydrogen (secondary N) is 4. The summed E-state index contributed by atoms with van der Waals surface area (Å²) in [5.41, 5.74) is 0.970. The van der Waals surface area contributed by atoms with Gasteiger partial charge in [-0.25, -0.2) is 4.98 Å². The molecular weight excluding hydrogens is 376 g/mol. The van der Waals surface area contributed by atoms with Crippen LogP contribution in [0.4, 0.5) is 5.69 Å². The number of rotatable bonds is 4. The fourth-order valence-corrected chi connectivity index (χ4v) is 2.97. The quantitative estimate of drug-likeness (QED) is 0.401. The molecule has 0 aliphatic rings. The van der Waals surface area contributed by atoms with Crippen LogP contribution in [-0.2, 0) is 4.79 Å². The zero-order valence-corrected chi connectivity index (χ0v) is 15.3. The van der Waals surface area contributed by atoms with Crippen LogP contribution in [0.5, 0.6) is 0 Å². The third-order valence-corrected chi connectivity index (χ3v) is 4.36. The number of benzene rings is 1. The Morgan fingerprint density at radius 1 is 1.14 bits per heavy atom. The van der Waals surface area contributed by atoms with Crippen molar-refractivity contribution in [2.45, 2.75) is 6.92 Å². The first-order valence-corrected chi connectivity index (χ1v) is 8.69. The van der Waals surface area contributed by atoms with E-state index in [1.54, 1.807) is 22.9 Å². The van der Waals surface area contributed by atoms with Gasteiger partial charge in [0.05, 0.1) is 23.0 Å². The van der Waals surface area contributed by atoms with Crippen LogP contribution < -0.4 is 21.8 Å². The van der Waals surface area contributed by atoms with Crippen molar-refractivity contribution >= 4 is 33.9 Å². The molecule has 0 aliphatic carbocycles. The van der Waals surface area contributed by atoms with Crippen LogP contribution in [0.2, 0.25) is 0 Å². The highest BCUT2D eigenvalue weighted by Gasteiger charge is 2.14. The Balaban J connectivity index is 1.48. The number of aromatic amines is 2. The molecule has 146 valence electrons. The SMILES string of the molecule is Cc1ccn2cc(C(=O)NCC(=O)Nc3cccc4c(=O)[nH][nH]c(=O)c34)nc2c1. The molecule has 0 fully saturated rings. The molecule has 0 bridgehead atoms. The fourth-order valence-electron chi connectivity index (χ4n) is 2.97. The first kappa shape index (κ1) is 18.2. The molecule has 10 heteroatoms. The Morgan fingerprint density at radius 3 is 2.76 bits per heavy atom. The summed E-state index contributed by atoms with van der Waals surface area (Å²) in [6, 6.07) is 8.25. The molecule has 1 aromatic carbocycles. The Labute approximate surface area is 162 Å². The highest BCUT2D eigenvalue weighted by Crippen LogP contribution is 2.16. The van der Waals surface area contributed by atoms with Gasteiger partial charge in [0.1, 0.15) is 11.3 Å². The van der Waals surface area contributed by atoms with E-state index in [1.807, 2.05) is 19.1 Å². The molecule has 3 aromatic heterocycles. The lowest BCUT2D eigenvalue weighted by Crippen LogP contribution is -2.33. The minimum atomic E-state index is -0.551. The maximum atomic E-state index is 12.3. The van der Waals surface area contributed by atoms with Gasteiger partial charge in [0.25, 0.3) is 17.0 Å². The third-order valence-electron chi connectivity index (χ3n) is 4.36. The highest BCUT2D eigenvalue weighted by molar-refractivity contribution is 6.03. The van der Waals surface area contributed by atoms with Crippen molar-refractivity contribution in [2.24, 2.45) is 0 Å². The average Bonchev–Trinajstić information content (AvgIpc) is 3.12. The summed E-state index contributed by atoms with van der Waals surface area (Å²) in [7, 11) is 0. The summed E-state index contributed by atoms with van der Waals surface area (Å²) in [5.74, 6) is -1.06. The van der Waals surface area contributed by atoms with E-state index in [1.165, 1.54) is 12.1 Å². The number of H-pyrrole nitrogens is 2. The molecule has 4 aromatic rings. The summed E-state index contributed by atoms with van der Waals surface area (Å²) in [4.78, 5) is 52.7. The molecule has 4 N–H and O–H groups in total. The zero-order valence-electron chi connectivity index (χ0n) is 15.3. The summed E-state index contributed by atoms with van der Waals surface area (Å²) >= 11 is 0. The number of aromatic nitrogens is 4. The third kappa shape index (κ3) is 3.50. The highest BCUT2D eigenvalue weighted by atomic mass is 16.2. The van der Waals surface area contributed by atoms with E-state index < -0.39 is 22.9 Å². The van der Waals surface area contributed by atoms with Gasteiger partial charge in [0.2, 0.25) is 5.91 Å². The number of amides is 2. The van der Waals surface area contributed by atoms with E-state index in [2.05, 4.69) is 25.8 Å². The Morgan fingerprint density at radius 2 is 1.93 bits per heavy atom. The molecule has 0 radical (unpaired) electrons. The van der Waals surface area contributed by atoms with Crippen LogP contribution >= 0.6 is 0 Å². The monoisotopic (exact) mass is 392 g/mol. The van der Waals surface area contributed by atoms with Crippen LogP contribution in [0.25, 0.3) is 16.4 Å². The minimum absolute atomic E-state index is 0.0617. The molecule has 29 heavy (non-hydrogen) atoms. The van der Waals surface area contributed by atoms with E-state index in [-0.39, 0.29) is 28.7 Å². The molecule has 0 unspecified atom stereocenters. The second kappa shape index (κ2) is 7.08. The van der Waals surface area contributed by atoms with Crippen LogP contribution in [-0.4, -0.2) is 37.9 Å². The summed E-state index contributed by atoms with van der Waals surface area (Å²) < 4.78 is 1.71. The van der Waals surface area contributed by atoms with Gasteiger partial charge < -0.3 is 15.0 Å². The molecule has 0 atom stereocenters. The molecule has 4 rings (SSSR count). The maximum absolute atomic E-state index is 12.3. The van der Waals surface area contributed by atoms with Gasteiger partial charge in [0.15, 0.2) is 0 Å². The van der Waals surface area contributed by atoms with Crippen molar-refractivity contribution in [3.8, 4) is 0 Å². The number of fused-ring (bicyclic) bond motifs is 2. The smallest absolute Gasteiger partial charge is 0.272 e. The van der Waals surface area contributed by atoms with Crippen molar-refractivity contribution in [2.75, 3.05) is 11.9 Å². The van der Waals surface area contributed by atoms with Gasteiger partial charge in [0, 0.05) is 12.4 Å². The number of pyridine rings is 1. The van der Waals surface area contributed by atoms with Crippen LogP contribution in [0.15, 0.2) is 52.3 Å². The van der Waals surface area contributed by atoms with Crippen LogP contribution in [0.1, 0.15) is 16.1 Å². The number of carbonyl (C=O) groups is 2. The number of anilines is 1. The van der Waals surface area contributed by atoms with Crippen molar-refractivity contribution in [1.82, 2.24) is 24.9 Å². The lowest BCUT2D eigenvalue weighted by Gasteiger charge is -2.08. The predicted molar refractivity (Wildman–Crippen MR) is 106 cm³/mol. The van der Waals surface area contributed by atoms with Crippen LogP contribution in [0, 0.1) is 6.92 Å².